The van der Waals surface area contributed by atoms with Crippen molar-refractivity contribution in [3.63, 3.8) is 0 Å². The molecule has 1 aromatic rings. The fourth-order valence-corrected chi connectivity index (χ4v) is 2.11. The Labute approximate surface area is 128 Å². The van der Waals surface area contributed by atoms with Gasteiger partial charge in [0.1, 0.15) is 6.61 Å². The van der Waals surface area contributed by atoms with Crippen LogP contribution < -0.4 is 0 Å². The SMILES string of the molecule is C[C@H](COC(=O)c1ccc([N+](=O)[O-])cc1)OC1CCCCO1. The zero-order valence-corrected chi connectivity index (χ0v) is 12.4. The van der Waals surface area contributed by atoms with Crippen molar-refractivity contribution in [1.82, 2.24) is 0 Å². The van der Waals surface area contributed by atoms with Crippen molar-refractivity contribution in [2.45, 2.75) is 38.6 Å². The molecular formula is C15H19NO6. The molecule has 0 saturated carbocycles. The fourth-order valence-electron chi connectivity index (χ4n) is 2.11. The minimum absolute atomic E-state index is 0.0669. The van der Waals surface area contributed by atoms with Crippen LogP contribution in [0.25, 0.3) is 0 Å². The third-order valence-electron chi connectivity index (χ3n) is 3.28. The van der Waals surface area contributed by atoms with Crippen LogP contribution in [-0.4, -0.2) is 36.5 Å². The van der Waals surface area contributed by atoms with Crippen LogP contribution >= 0.6 is 0 Å². The number of ether oxygens (including phenoxy) is 3. The summed E-state index contributed by atoms with van der Waals surface area (Å²) in [7, 11) is 0. The number of esters is 1. The molecule has 0 aliphatic carbocycles. The molecule has 22 heavy (non-hydrogen) atoms. The van der Waals surface area contributed by atoms with Crippen molar-refractivity contribution < 1.29 is 23.9 Å². The van der Waals surface area contributed by atoms with E-state index in [1.807, 2.05) is 0 Å². The van der Waals surface area contributed by atoms with Gasteiger partial charge >= 0.3 is 5.97 Å². The van der Waals surface area contributed by atoms with Gasteiger partial charge in [-0.3, -0.25) is 10.1 Å². The Morgan fingerprint density at radius 2 is 2.14 bits per heavy atom. The number of nitrogens with zero attached hydrogens (tertiary/aromatic N) is 1. The van der Waals surface area contributed by atoms with Crippen molar-refractivity contribution in [3.8, 4) is 0 Å². The highest BCUT2D eigenvalue weighted by molar-refractivity contribution is 5.89. The van der Waals surface area contributed by atoms with Gasteiger partial charge in [0.2, 0.25) is 0 Å². The quantitative estimate of drug-likeness (QED) is 0.456. The van der Waals surface area contributed by atoms with Crippen LogP contribution in [-0.2, 0) is 14.2 Å². The Morgan fingerprint density at radius 3 is 2.73 bits per heavy atom. The van der Waals surface area contributed by atoms with Crippen LogP contribution in [0.3, 0.4) is 0 Å². The van der Waals surface area contributed by atoms with Crippen molar-refractivity contribution in [2.75, 3.05) is 13.2 Å². The van der Waals surface area contributed by atoms with Gasteiger partial charge in [-0.1, -0.05) is 0 Å². The van der Waals surface area contributed by atoms with Gasteiger partial charge in [0.25, 0.3) is 5.69 Å². The van der Waals surface area contributed by atoms with E-state index in [1.165, 1.54) is 24.3 Å². The summed E-state index contributed by atoms with van der Waals surface area (Å²) in [4.78, 5) is 21.9. The summed E-state index contributed by atoms with van der Waals surface area (Å²) in [5, 5.41) is 10.5. The molecular weight excluding hydrogens is 290 g/mol. The Kier molecular flexibility index (Phi) is 5.85. The van der Waals surface area contributed by atoms with Crippen LogP contribution in [0.1, 0.15) is 36.5 Å². The number of carbonyl (C=O) groups excluding carboxylic acids is 1. The zero-order chi connectivity index (χ0) is 15.9. The molecule has 1 unspecified atom stereocenters. The molecule has 1 aliphatic heterocycles. The first-order valence-electron chi connectivity index (χ1n) is 7.25. The van der Waals surface area contributed by atoms with E-state index in [0.717, 1.165) is 19.3 Å². The van der Waals surface area contributed by atoms with Crippen molar-refractivity contribution in [1.29, 1.82) is 0 Å². The molecule has 120 valence electrons. The van der Waals surface area contributed by atoms with Crippen LogP contribution in [0.2, 0.25) is 0 Å². The standard InChI is InChI=1S/C15H19NO6/c1-11(22-14-4-2-3-9-20-14)10-21-15(17)12-5-7-13(8-6-12)16(18)19/h5-8,11,14H,2-4,9-10H2,1H3/t11-,14?/m1/s1. The predicted molar refractivity (Wildman–Crippen MR) is 77.5 cm³/mol. The van der Waals surface area contributed by atoms with Gasteiger partial charge in [-0.05, 0) is 38.3 Å². The third kappa shape index (κ3) is 4.78. The molecule has 0 N–H and O–H groups in total. The third-order valence-corrected chi connectivity index (χ3v) is 3.28. The normalized spacial score (nSPS) is 19.4. The second-order valence-corrected chi connectivity index (χ2v) is 5.15. The molecule has 1 aliphatic rings. The van der Waals surface area contributed by atoms with Crippen LogP contribution in [0.15, 0.2) is 24.3 Å². The molecule has 1 aromatic carbocycles. The smallest absolute Gasteiger partial charge is 0.338 e. The number of hydrogen-bond donors (Lipinski definition) is 0. The summed E-state index contributed by atoms with van der Waals surface area (Å²) in [6, 6.07) is 5.28. The highest BCUT2D eigenvalue weighted by Gasteiger charge is 2.18. The number of nitro groups is 1. The fraction of sp³-hybridized carbons (Fsp3) is 0.533. The first-order valence-corrected chi connectivity index (χ1v) is 7.25. The van der Waals surface area contributed by atoms with Crippen molar-refractivity contribution >= 4 is 11.7 Å². The molecule has 1 fully saturated rings. The maximum Gasteiger partial charge on any atom is 0.338 e. The Hall–Kier alpha value is -1.99. The first kappa shape index (κ1) is 16.4. The predicted octanol–water partition coefficient (Wildman–Crippen LogP) is 2.68. The summed E-state index contributed by atoms with van der Waals surface area (Å²) in [5.41, 5.74) is 0.203. The number of rotatable bonds is 6. The number of non-ortho nitro benzene ring substituents is 1. The lowest BCUT2D eigenvalue weighted by Crippen LogP contribution is -2.29. The maximum atomic E-state index is 11.8. The van der Waals surface area contributed by atoms with Crippen molar-refractivity contribution in [3.05, 3.63) is 39.9 Å². The lowest BCUT2D eigenvalue weighted by molar-refractivity contribution is -0.384. The van der Waals surface area contributed by atoms with E-state index in [2.05, 4.69) is 0 Å². The lowest BCUT2D eigenvalue weighted by Gasteiger charge is -2.25. The topological polar surface area (TPSA) is 87.9 Å². The number of carbonyl (C=O) groups is 1. The molecule has 1 heterocycles. The van der Waals surface area contributed by atoms with E-state index < -0.39 is 10.9 Å². The van der Waals surface area contributed by atoms with Gasteiger partial charge in [0, 0.05) is 18.7 Å². The number of nitro benzene ring substituents is 1. The minimum Gasteiger partial charge on any atom is -0.459 e. The Balaban J connectivity index is 1.77. The minimum atomic E-state index is -0.532. The molecule has 2 rings (SSSR count). The summed E-state index contributed by atoms with van der Waals surface area (Å²) in [6.45, 7) is 2.61. The highest BCUT2D eigenvalue weighted by atomic mass is 16.7. The van der Waals surface area contributed by atoms with E-state index in [0.29, 0.717) is 6.61 Å². The maximum absolute atomic E-state index is 11.8. The van der Waals surface area contributed by atoms with E-state index in [-0.39, 0.29) is 30.3 Å². The van der Waals surface area contributed by atoms with Gasteiger partial charge in [-0.2, -0.15) is 0 Å². The molecule has 0 spiro atoms. The number of hydrogen-bond acceptors (Lipinski definition) is 6. The monoisotopic (exact) mass is 309 g/mol. The Morgan fingerprint density at radius 1 is 1.41 bits per heavy atom. The average Bonchev–Trinajstić information content (AvgIpc) is 2.53. The summed E-state index contributed by atoms with van der Waals surface area (Å²) < 4.78 is 16.2. The Bertz CT molecular complexity index is 509. The summed E-state index contributed by atoms with van der Waals surface area (Å²) in [5.74, 6) is -0.532. The lowest BCUT2D eigenvalue weighted by atomic mass is 10.2. The van der Waals surface area contributed by atoms with E-state index in [4.69, 9.17) is 14.2 Å². The molecule has 1 saturated heterocycles. The second kappa shape index (κ2) is 7.86. The largest absolute Gasteiger partial charge is 0.459 e. The highest BCUT2D eigenvalue weighted by Crippen LogP contribution is 2.16. The van der Waals surface area contributed by atoms with Crippen molar-refractivity contribution in [2.24, 2.45) is 0 Å². The van der Waals surface area contributed by atoms with Gasteiger partial charge in [0.05, 0.1) is 16.6 Å². The zero-order valence-electron chi connectivity index (χ0n) is 12.4. The average molecular weight is 309 g/mol. The van der Waals surface area contributed by atoms with Gasteiger partial charge in [-0.25, -0.2) is 4.79 Å². The molecule has 0 amide bonds. The van der Waals surface area contributed by atoms with Gasteiger partial charge < -0.3 is 14.2 Å². The molecule has 0 aromatic heterocycles. The van der Waals surface area contributed by atoms with Gasteiger partial charge in [0.15, 0.2) is 6.29 Å². The molecule has 7 heteroatoms. The van der Waals surface area contributed by atoms with E-state index in [1.54, 1.807) is 6.92 Å². The first-order chi connectivity index (χ1) is 10.6. The van der Waals surface area contributed by atoms with Crippen LogP contribution in [0, 0.1) is 10.1 Å². The van der Waals surface area contributed by atoms with Gasteiger partial charge in [-0.15, -0.1) is 0 Å². The molecule has 0 bridgehead atoms. The second-order valence-electron chi connectivity index (χ2n) is 5.15. The molecule has 2 atom stereocenters. The molecule has 7 nitrogen and oxygen atoms in total. The van der Waals surface area contributed by atoms with E-state index in [9.17, 15) is 14.9 Å². The summed E-state index contributed by atoms with van der Waals surface area (Å²) in [6.07, 6.45) is 2.45. The van der Waals surface area contributed by atoms with E-state index >= 15 is 0 Å². The van der Waals surface area contributed by atoms with Crippen LogP contribution in [0.4, 0.5) is 5.69 Å². The van der Waals surface area contributed by atoms with Crippen LogP contribution in [0.5, 0.6) is 0 Å². The summed E-state index contributed by atoms with van der Waals surface area (Å²) >= 11 is 0. The number of benzene rings is 1. The molecule has 0 radical (unpaired) electrons.